The van der Waals surface area contributed by atoms with E-state index in [4.69, 9.17) is 23.7 Å². The fraction of sp³-hybridized carbons (Fsp3) is 0.667. The second-order valence-corrected chi connectivity index (χ2v) is 13.8. The molecule has 0 spiro atoms. The van der Waals surface area contributed by atoms with Crippen LogP contribution in [0.25, 0.3) is 11.0 Å². The summed E-state index contributed by atoms with van der Waals surface area (Å²) in [5.41, 5.74) is 2.91. The lowest BCUT2D eigenvalue weighted by Crippen LogP contribution is -2.45. The lowest BCUT2D eigenvalue weighted by atomic mass is 9.49. The van der Waals surface area contributed by atoms with Crippen LogP contribution in [0.1, 0.15) is 86.0 Å². The SMILES string of the molecule is Cc1nn(C(C)C)c2c(NCc3cnn(CCC4(C)OB(B5OC(C)(C)C(C)(C)O5)OC4(C)C)c3)cc(Br)nc12. The van der Waals surface area contributed by atoms with E-state index < -0.39 is 36.4 Å². The predicted molar refractivity (Wildman–Crippen MR) is 161 cm³/mol. The molecule has 0 aliphatic carbocycles. The number of aryl methyl sites for hydroxylation is 2. The Balaban J connectivity index is 1.24. The monoisotopic (exact) mass is 614 g/mol. The lowest BCUT2D eigenvalue weighted by Gasteiger charge is -2.36. The van der Waals surface area contributed by atoms with E-state index in [0.717, 1.165) is 39.0 Å². The molecule has 1 atom stereocenters. The number of nitrogens with one attached hydrogen (secondary N) is 1. The molecule has 10 nitrogen and oxygen atoms in total. The molecule has 0 aromatic carbocycles. The van der Waals surface area contributed by atoms with Gasteiger partial charge in [-0.05, 0) is 97.7 Å². The van der Waals surface area contributed by atoms with Gasteiger partial charge in [-0.3, -0.25) is 9.36 Å². The minimum absolute atomic E-state index is 0.222. The molecule has 3 aromatic heterocycles. The van der Waals surface area contributed by atoms with Crippen molar-refractivity contribution in [1.82, 2.24) is 24.5 Å². The maximum atomic E-state index is 6.51. The third-order valence-electron chi connectivity index (χ3n) is 8.82. The lowest BCUT2D eigenvalue weighted by molar-refractivity contribution is -0.0189. The van der Waals surface area contributed by atoms with E-state index in [1.807, 2.05) is 56.2 Å². The number of nitrogens with zero attached hydrogens (tertiary/aromatic N) is 5. The molecule has 0 bridgehead atoms. The van der Waals surface area contributed by atoms with Crippen LogP contribution < -0.4 is 5.32 Å². The molecule has 13 heteroatoms. The first-order chi connectivity index (χ1) is 18.5. The van der Waals surface area contributed by atoms with Crippen molar-refractivity contribution in [3.05, 3.63) is 34.3 Å². The van der Waals surface area contributed by atoms with E-state index in [1.165, 1.54) is 0 Å². The topological polar surface area (TPSA) is 97.5 Å². The van der Waals surface area contributed by atoms with Gasteiger partial charge in [0.05, 0.1) is 40.0 Å². The third kappa shape index (κ3) is 5.24. The Morgan fingerprint density at radius 1 is 0.975 bits per heavy atom. The van der Waals surface area contributed by atoms with E-state index in [-0.39, 0.29) is 6.04 Å². The zero-order valence-electron chi connectivity index (χ0n) is 25.3. The first-order valence-electron chi connectivity index (χ1n) is 14.0. The van der Waals surface area contributed by atoms with Gasteiger partial charge in [0.25, 0.3) is 0 Å². The number of aromatic nitrogens is 5. The first-order valence-corrected chi connectivity index (χ1v) is 14.8. The van der Waals surface area contributed by atoms with Gasteiger partial charge < -0.3 is 23.9 Å². The van der Waals surface area contributed by atoms with Gasteiger partial charge in [0.1, 0.15) is 15.6 Å². The number of pyridine rings is 1. The minimum Gasteiger partial charge on any atom is -0.405 e. The van der Waals surface area contributed by atoms with Gasteiger partial charge in [-0.2, -0.15) is 10.2 Å². The van der Waals surface area contributed by atoms with Crippen LogP contribution >= 0.6 is 15.9 Å². The van der Waals surface area contributed by atoms with Crippen LogP contribution in [0.15, 0.2) is 23.1 Å². The first kappa shape index (κ1) is 29.6. The van der Waals surface area contributed by atoms with Gasteiger partial charge in [-0.25, -0.2) is 4.98 Å². The van der Waals surface area contributed by atoms with Crippen LogP contribution in [-0.2, 0) is 31.7 Å². The summed E-state index contributed by atoms with van der Waals surface area (Å²) in [6, 6.07) is 2.23. The Morgan fingerprint density at radius 2 is 1.60 bits per heavy atom. The quantitative estimate of drug-likeness (QED) is 0.262. The molecule has 5 rings (SSSR count). The van der Waals surface area contributed by atoms with Crippen LogP contribution in [0.5, 0.6) is 0 Å². The number of hydrogen-bond acceptors (Lipinski definition) is 8. The standard InChI is InChI=1S/C27H41B2BrN6O4/c1-17(2)36-23-20(13-21(30)33-22(23)18(3)34-36)31-14-19-15-32-35(16-19)12-11-27(10)26(8,9)39-29(40-27)28-37-24(4,5)25(6,7)38-28/h13,15-17H,11-12,14H2,1-10H3,(H,31,33). The van der Waals surface area contributed by atoms with Crippen molar-refractivity contribution in [3.8, 4) is 0 Å². The molecular weight excluding hydrogens is 574 g/mol. The van der Waals surface area contributed by atoms with Crippen LogP contribution in [0.3, 0.4) is 0 Å². The molecule has 216 valence electrons. The summed E-state index contributed by atoms with van der Waals surface area (Å²) in [5.74, 6) is 0. The minimum atomic E-state index is -0.599. The van der Waals surface area contributed by atoms with Gasteiger partial charge in [-0.15, -0.1) is 0 Å². The van der Waals surface area contributed by atoms with Crippen LogP contribution in [-0.4, -0.2) is 61.0 Å². The highest BCUT2D eigenvalue weighted by molar-refractivity contribution is 9.10. The van der Waals surface area contributed by atoms with Gasteiger partial charge in [0.2, 0.25) is 0 Å². The summed E-state index contributed by atoms with van der Waals surface area (Å²) in [6.45, 7) is 21.9. The number of halogens is 1. The van der Waals surface area contributed by atoms with Crippen molar-refractivity contribution in [3.63, 3.8) is 0 Å². The van der Waals surface area contributed by atoms with Crippen molar-refractivity contribution in [1.29, 1.82) is 0 Å². The van der Waals surface area contributed by atoms with Crippen molar-refractivity contribution in [2.24, 2.45) is 0 Å². The molecule has 3 aromatic rings. The second-order valence-electron chi connectivity index (χ2n) is 13.0. The zero-order chi connectivity index (χ0) is 29.3. The molecule has 0 amide bonds. The van der Waals surface area contributed by atoms with E-state index >= 15 is 0 Å². The fourth-order valence-electron chi connectivity index (χ4n) is 5.21. The van der Waals surface area contributed by atoms with Crippen molar-refractivity contribution < 1.29 is 18.6 Å². The molecule has 1 unspecified atom stereocenters. The molecule has 40 heavy (non-hydrogen) atoms. The van der Waals surface area contributed by atoms with E-state index in [9.17, 15) is 0 Å². The van der Waals surface area contributed by atoms with E-state index in [0.29, 0.717) is 13.1 Å². The maximum absolute atomic E-state index is 6.51. The molecule has 0 radical (unpaired) electrons. The summed E-state index contributed by atoms with van der Waals surface area (Å²) in [4.78, 5) is 4.66. The summed E-state index contributed by atoms with van der Waals surface area (Å²) in [5, 5.41) is 12.9. The molecule has 2 aliphatic heterocycles. The largest absolute Gasteiger partial charge is 0.489 e. The van der Waals surface area contributed by atoms with Crippen molar-refractivity contribution in [2.75, 3.05) is 5.32 Å². The summed E-state index contributed by atoms with van der Waals surface area (Å²) in [6.07, 6.45) is 4.69. The van der Waals surface area contributed by atoms with E-state index in [1.54, 1.807) is 0 Å². The number of hydrogen-bond donors (Lipinski definition) is 1. The normalized spacial score (nSPS) is 23.6. The van der Waals surface area contributed by atoms with E-state index in [2.05, 4.69) is 72.1 Å². The molecule has 1 N–H and O–H groups in total. The molecule has 0 saturated carbocycles. The average molecular weight is 615 g/mol. The molecule has 2 fully saturated rings. The van der Waals surface area contributed by atoms with Gasteiger partial charge in [0.15, 0.2) is 0 Å². The highest BCUT2D eigenvalue weighted by atomic mass is 79.9. The molecule has 2 aliphatic rings. The predicted octanol–water partition coefficient (Wildman–Crippen LogP) is 5.52. The highest BCUT2D eigenvalue weighted by Gasteiger charge is 2.64. The van der Waals surface area contributed by atoms with Crippen LogP contribution in [0.2, 0.25) is 0 Å². The summed E-state index contributed by atoms with van der Waals surface area (Å²) < 4.78 is 30.1. The summed E-state index contributed by atoms with van der Waals surface area (Å²) in [7, 11) is -1.18. The number of fused-ring (bicyclic) bond motifs is 1. The Bertz CT molecular complexity index is 1390. The maximum Gasteiger partial charge on any atom is 0.489 e. The molecule has 2 saturated heterocycles. The number of rotatable bonds is 8. The fourth-order valence-corrected chi connectivity index (χ4v) is 5.62. The Hall–Kier alpha value is -1.92. The Kier molecular flexibility index (Phi) is 7.48. The highest BCUT2D eigenvalue weighted by Crippen LogP contribution is 2.44. The molecular formula is C27H41B2BrN6O4. The van der Waals surface area contributed by atoms with Crippen molar-refractivity contribution in [2.45, 2.75) is 117 Å². The Labute approximate surface area is 246 Å². The summed E-state index contributed by atoms with van der Waals surface area (Å²) >= 11 is 3.56. The second kappa shape index (κ2) is 10.1. The van der Waals surface area contributed by atoms with Gasteiger partial charge >= 0.3 is 14.0 Å². The smallest absolute Gasteiger partial charge is 0.405 e. The number of anilines is 1. The molecule has 5 heterocycles. The van der Waals surface area contributed by atoms with Crippen LogP contribution in [0.4, 0.5) is 5.69 Å². The average Bonchev–Trinajstić information content (AvgIpc) is 3.54. The Morgan fingerprint density at radius 3 is 2.25 bits per heavy atom. The third-order valence-corrected chi connectivity index (χ3v) is 9.23. The van der Waals surface area contributed by atoms with Gasteiger partial charge in [-0.1, -0.05) is 0 Å². The van der Waals surface area contributed by atoms with Gasteiger partial charge in [0, 0.05) is 30.9 Å². The van der Waals surface area contributed by atoms with Crippen molar-refractivity contribution >= 4 is 46.7 Å². The zero-order valence-corrected chi connectivity index (χ0v) is 26.9. The van der Waals surface area contributed by atoms with Crippen LogP contribution in [0, 0.1) is 6.92 Å².